The Kier molecular flexibility index (Phi) is 3.21. The fraction of sp³-hybridized carbons (Fsp3) is 0.0625. The highest BCUT2D eigenvalue weighted by Crippen LogP contribution is 2.20. The second-order valence-electron chi connectivity index (χ2n) is 4.57. The van der Waals surface area contributed by atoms with Gasteiger partial charge in [-0.15, -0.1) is 0 Å². The molecule has 4 heteroatoms. The van der Waals surface area contributed by atoms with Crippen LogP contribution in [-0.2, 0) is 6.54 Å². The minimum atomic E-state index is -0.361. The molecule has 20 heavy (non-hydrogen) atoms. The number of benzene rings is 2. The second-order valence-corrected chi connectivity index (χ2v) is 4.57. The zero-order valence-corrected chi connectivity index (χ0v) is 10.8. The number of hydrogen-bond acceptors (Lipinski definition) is 2. The van der Waals surface area contributed by atoms with Crippen LogP contribution in [0.25, 0.3) is 11.4 Å². The number of aromatic nitrogens is 2. The van der Waals surface area contributed by atoms with Crippen LogP contribution in [-0.4, -0.2) is 9.55 Å². The van der Waals surface area contributed by atoms with E-state index in [0.717, 1.165) is 11.4 Å². The van der Waals surface area contributed by atoms with E-state index >= 15 is 0 Å². The van der Waals surface area contributed by atoms with Crippen molar-refractivity contribution in [2.75, 3.05) is 5.73 Å². The van der Waals surface area contributed by atoms with Crippen molar-refractivity contribution in [3.63, 3.8) is 0 Å². The van der Waals surface area contributed by atoms with E-state index in [4.69, 9.17) is 5.73 Å². The van der Waals surface area contributed by atoms with Crippen LogP contribution >= 0.6 is 0 Å². The molecular weight excluding hydrogens is 253 g/mol. The quantitative estimate of drug-likeness (QED) is 0.740. The summed E-state index contributed by atoms with van der Waals surface area (Å²) in [5.41, 5.74) is 7.33. The average molecular weight is 267 g/mol. The Labute approximate surface area is 116 Å². The molecule has 1 heterocycles. The number of imidazole rings is 1. The first-order valence-electron chi connectivity index (χ1n) is 6.35. The van der Waals surface area contributed by atoms with Crippen LogP contribution in [0.3, 0.4) is 0 Å². The maximum Gasteiger partial charge on any atom is 0.151 e. The molecule has 0 amide bonds. The molecule has 0 spiro atoms. The van der Waals surface area contributed by atoms with Crippen LogP contribution in [0.15, 0.2) is 60.9 Å². The van der Waals surface area contributed by atoms with E-state index in [1.165, 1.54) is 0 Å². The lowest BCUT2D eigenvalue weighted by molar-refractivity contribution is 0.605. The van der Waals surface area contributed by atoms with E-state index in [1.807, 2.05) is 41.1 Å². The van der Waals surface area contributed by atoms with Gasteiger partial charge in [-0.3, -0.25) is 0 Å². The van der Waals surface area contributed by atoms with Gasteiger partial charge in [0.1, 0.15) is 5.82 Å². The lowest BCUT2D eigenvalue weighted by atomic mass is 10.1. The summed E-state index contributed by atoms with van der Waals surface area (Å²) in [4.78, 5) is 4.34. The summed E-state index contributed by atoms with van der Waals surface area (Å²) < 4.78 is 15.9. The lowest BCUT2D eigenvalue weighted by Gasteiger charge is -2.10. The number of nitrogens with zero attached hydrogens (tertiary/aromatic N) is 2. The van der Waals surface area contributed by atoms with Gasteiger partial charge in [-0.2, -0.15) is 0 Å². The third-order valence-corrected chi connectivity index (χ3v) is 3.20. The highest BCUT2D eigenvalue weighted by atomic mass is 19.1. The van der Waals surface area contributed by atoms with Crippen LogP contribution in [0.1, 0.15) is 5.56 Å². The van der Waals surface area contributed by atoms with Crippen LogP contribution in [0, 0.1) is 5.82 Å². The zero-order chi connectivity index (χ0) is 13.9. The Hall–Kier alpha value is -2.62. The van der Waals surface area contributed by atoms with Gasteiger partial charge < -0.3 is 10.3 Å². The molecule has 2 N–H and O–H groups in total. The van der Waals surface area contributed by atoms with Crippen molar-refractivity contribution in [3.8, 4) is 11.4 Å². The molecule has 0 radical (unpaired) electrons. The molecule has 0 bridgehead atoms. The molecule has 1 aromatic heterocycles. The van der Waals surface area contributed by atoms with Gasteiger partial charge in [-0.1, -0.05) is 42.5 Å². The molecule has 3 rings (SSSR count). The third-order valence-electron chi connectivity index (χ3n) is 3.20. The molecule has 100 valence electrons. The molecule has 0 saturated heterocycles. The Balaban J connectivity index is 1.97. The zero-order valence-electron chi connectivity index (χ0n) is 10.8. The van der Waals surface area contributed by atoms with Gasteiger partial charge in [0.05, 0.1) is 12.2 Å². The summed E-state index contributed by atoms with van der Waals surface area (Å²) in [7, 11) is 0. The average Bonchev–Trinajstić information content (AvgIpc) is 2.93. The SMILES string of the molecule is Nc1cccc(Cn2ccnc2-c2ccccc2)c1F. The minimum absolute atomic E-state index is 0.170. The number of nitrogens with two attached hydrogens (primary N) is 1. The molecule has 0 unspecified atom stereocenters. The fourth-order valence-electron chi connectivity index (χ4n) is 2.19. The van der Waals surface area contributed by atoms with E-state index in [0.29, 0.717) is 12.1 Å². The van der Waals surface area contributed by atoms with Crippen molar-refractivity contribution in [1.29, 1.82) is 0 Å². The predicted octanol–water partition coefficient (Wildman–Crippen LogP) is 3.32. The van der Waals surface area contributed by atoms with Gasteiger partial charge >= 0.3 is 0 Å². The lowest BCUT2D eigenvalue weighted by Crippen LogP contribution is -2.04. The highest BCUT2D eigenvalue weighted by molar-refractivity contribution is 5.55. The van der Waals surface area contributed by atoms with Gasteiger partial charge in [0.25, 0.3) is 0 Å². The largest absolute Gasteiger partial charge is 0.396 e. The van der Waals surface area contributed by atoms with E-state index < -0.39 is 0 Å². The Morgan fingerprint density at radius 3 is 2.65 bits per heavy atom. The number of rotatable bonds is 3. The first-order valence-corrected chi connectivity index (χ1v) is 6.35. The van der Waals surface area contributed by atoms with Gasteiger partial charge in [-0.05, 0) is 6.07 Å². The summed E-state index contributed by atoms with van der Waals surface area (Å²) >= 11 is 0. The molecule has 2 aromatic carbocycles. The van der Waals surface area contributed by atoms with Crippen molar-refractivity contribution in [3.05, 3.63) is 72.3 Å². The number of halogens is 1. The number of hydrogen-bond donors (Lipinski definition) is 1. The van der Waals surface area contributed by atoms with E-state index in [9.17, 15) is 4.39 Å². The van der Waals surface area contributed by atoms with Crippen molar-refractivity contribution in [2.24, 2.45) is 0 Å². The van der Waals surface area contributed by atoms with Crippen LogP contribution in [0.5, 0.6) is 0 Å². The molecule has 0 fully saturated rings. The Morgan fingerprint density at radius 1 is 1.05 bits per heavy atom. The summed E-state index contributed by atoms with van der Waals surface area (Å²) in [5.74, 6) is 0.452. The molecule has 0 saturated carbocycles. The minimum Gasteiger partial charge on any atom is -0.396 e. The van der Waals surface area contributed by atoms with E-state index in [1.54, 1.807) is 24.4 Å². The smallest absolute Gasteiger partial charge is 0.151 e. The number of nitrogen functional groups attached to an aromatic ring is 1. The maximum atomic E-state index is 14.0. The van der Waals surface area contributed by atoms with Crippen LogP contribution in [0.4, 0.5) is 10.1 Å². The van der Waals surface area contributed by atoms with Crippen LogP contribution in [0.2, 0.25) is 0 Å². The molecule has 3 nitrogen and oxygen atoms in total. The maximum absolute atomic E-state index is 14.0. The first-order chi connectivity index (χ1) is 9.75. The molecular formula is C16H14FN3. The summed E-state index contributed by atoms with van der Waals surface area (Å²) in [5, 5.41) is 0. The third kappa shape index (κ3) is 2.28. The van der Waals surface area contributed by atoms with E-state index in [2.05, 4.69) is 4.98 Å². The monoisotopic (exact) mass is 267 g/mol. The predicted molar refractivity (Wildman–Crippen MR) is 77.6 cm³/mol. The van der Waals surface area contributed by atoms with Crippen molar-refractivity contribution >= 4 is 5.69 Å². The normalized spacial score (nSPS) is 10.7. The second kappa shape index (κ2) is 5.17. The number of anilines is 1. The van der Waals surface area contributed by atoms with Gasteiger partial charge in [0.15, 0.2) is 5.82 Å². The summed E-state index contributed by atoms with van der Waals surface area (Å²) in [6.07, 6.45) is 3.55. The molecule has 0 atom stereocenters. The molecule has 0 aliphatic rings. The highest BCUT2D eigenvalue weighted by Gasteiger charge is 2.10. The van der Waals surface area contributed by atoms with Gasteiger partial charge in [0, 0.05) is 23.5 Å². The Bertz CT molecular complexity index is 720. The Morgan fingerprint density at radius 2 is 1.85 bits per heavy atom. The summed E-state index contributed by atoms with van der Waals surface area (Å²) in [6, 6.07) is 14.9. The molecule has 0 aliphatic heterocycles. The standard InChI is InChI=1S/C16H14FN3/c17-15-13(7-4-8-14(15)18)11-20-10-9-19-16(20)12-5-2-1-3-6-12/h1-10H,11,18H2. The van der Waals surface area contributed by atoms with Crippen LogP contribution < -0.4 is 5.73 Å². The molecule has 0 aliphatic carbocycles. The van der Waals surface area contributed by atoms with Crippen molar-refractivity contribution < 1.29 is 4.39 Å². The fourth-order valence-corrected chi connectivity index (χ4v) is 2.19. The van der Waals surface area contributed by atoms with E-state index in [-0.39, 0.29) is 11.5 Å². The van der Waals surface area contributed by atoms with Gasteiger partial charge in [0.2, 0.25) is 0 Å². The van der Waals surface area contributed by atoms with Crippen molar-refractivity contribution in [1.82, 2.24) is 9.55 Å². The summed E-state index contributed by atoms with van der Waals surface area (Å²) in [6.45, 7) is 0.404. The molecule has 3 aromatic rings. The van der Waals surface area contributed by atoms with Crippen molar-refractivity contribution in [2.45, 2.75) is 6.54 Å². The first kappa shape index (κ1) is 12.4. The topological polar surface area (TPSA) is 43.8 Å². The van der Waals surface area contributed by atoms with Gasteiger partial charge in [-0.25, -0.2) is 9.37 Å².